The van der Waals surface area contributed by atoms with E-state index in [-0.39, 0.29) is 17.2 Å². The van der Waals surface area contributed by atoms with Gasteiger partial charge < -0.3 is 5.73 Å². The molecule has 0 saturated heterocycles. The number of nitrogens with two attached hydrogens (primary N) is 1. The molecule has 3 rings (SSSR count). The average Bonchev–Trinajstić information content (AvgIpc) is 2.40. The van der Waals surface area contributed by atoms with E-state index in [1.807, 2.05) is 0 Å². The first-order valence-electron chi connectivity index (χ1n) is 5.84. The zero-order valence-corrected chi connectivity index (χ0v) is 13.5. The summed E-state index contributed by atoms with van der Waals surface area (Å²) in [6.45, 7) is 0. The molecule has 1 heterocycles. The van der Waals surface area contributed by atoms with E-state index in [9.17, 15) is 8.78 Å². The Hall–Kier alpha value is -1.60. The lowest BCUT2D eigenvalue weighted by molar-refractivity contribution is 0.587. The van der Waals surface area contributed by atoms with Gasteiger partial charge in [-0.2, -0.15) is 0 Å². The Morgan fingerprint density at radius 1 is 1.00 bits per heavy atom. The first-order valence-corrected chi connectivity index (χ1v) is 7.42. The minimum atomic E-state index is -0.734. The van der Waals surface area contributed by atoms with Crippen molar-refractivity contribution in [3.63, 3.8) is 0 Å². The van der Waals surface area contributed by atoms with Crippen LogP contribution in [0.1, 0.15) is 0 Å². The van der Waals surface area contributed by atoms with Crippen molar-refractivity contribution < 1.29 is 8.78 Å². The maximum absolute atomic E-state index is 13.9. The highest BCUT2D eigenvalue weighted by Crippen LogP contribution is 2.32. The molecule has 0 aliphatic heterocycles. The van der Waals surface area contributed by atoms with Gasteiger partial charge in [-0.15, -0.1) is 0 Å². The number of nitrogens with zero attached hydrogens (tertiary/aromatic N) is 2. The molecule has 0 spiro atoms. The lowest BCUT2D eigenvalue weighted by Gasteiger charge is -2.09. The molecule has 1 aromatic heterocycles. The van der Waals surface area contributed by atoms with Crippen LogP contribution in [-0.2, 0) is 0 Å². The van der Waals surface area contributed by atoms with Crippen molar-refractivity contribution in [1.82, 2.24) is 9.97 Å². The zero-order chi connectivity index (χ0) is 15.1. The van der Waals surface area contributed by atoms with Crippen molar-refractivity contribution in [2.24, 2.45) is 0 Å². The highest BCUT2D eigenvalue weighted by atomic mass is 79.9. The van der Waals surface area contributed by atoms with E-state index in [1.54, 1.807) is 12.1 Å². The van der Waals surface area contributed by atoms with Gasteiger partial charge in [0.25, 0.3) is 0 Å². The van der Waals surface area contributed by atoms with E-state index in [0.717, 1.165) is 16.6 Å². The van der Waals surface area contributed by atoms with E-state index in [2.05, 4.69) is 41.8 Å². The zero-order valence-electron chi connectivity index (χ0n) is 10.4. The fourth-order valence-electron chi connectivity index (χ4n) is 2.00. The van der Waals surface area contributed by atoms with Gasteiger partial charge in [0, 0.05) is 14.3 Å². The number of hydrogen-bond donors (Lipinski definition) is 1. The standard InChI is InChI=1S/C14H7Br2F2N3/c15-6-4-7-12(8(16)5-6)20-14(21-13(7)19)11-9(17)2-1-3-10(11)18/h1-5H,(H2,19,20,21). The normalized spacial score (nSPS) is 11.0. The summed E-state index contributed by atoms with van der Waals surface area (Å²) in [7, 11) is 0. The molecule has 0 radical (unpaired) electrons. The van der Waals surface area contributed by atoms with Crippen molar-refractivity contribution in [2.75, 3.05) is 5.73 Å². The topological polar surface area (TPSA) is 51.8 Å². The number of anilines is 1. The number of halogens is 4. The molecule has 2 N–H and O–H groups in total. The predicted molar refractivity (Wildman–Crippen MR) is 84.7 cm³/mol. The second kappa shape index (κ2) is 5.31. The lowest BCUT2D eigenvalue weighted by atomic mass is 10.1. The molecule has 7 heteroatoms. The van der Waals surface area contributed by atoms with E-state index in [4.69, 9.17) is 5.73 Å². The molecule has 3 aromatic rings. The van der Waals surface area contributed by atoms with Crippen LogP contribution in [0.25, 0.3) is 22.3 Å². The van der Waals surface area contributed by atoms with E-state index in [1.165, 1.54) is 6.07 Å². The van der Waals surface area contributed by atoms with Gasteiger partial charge in [0.05, 0.1) is 11.1 Å². The van der Waals surface area contributed by atoms with Crippen LogP contribution >= 0.6 is 31.9 Å². The maximum Gasteiger partial charge on any atom is 0.168 e. The second-order valence-electron chi connectivity index (χ2n) is 4.31. The average molecular weight is 415 g/mol. The van der Waals surface area contributed by atoms with Crippen molar-refractivity contribution in [3.05, 3.63) is 50.9 Å². The first kappa shape index (κ1) is 14.3. The molecule has 0 aliphatic rings. The quantitative estimate of drug-likeness (QED) is 0.628. The SMILES string of the molecule is Nc1nc(-c2c(F)cccc2F)nc2c(Br)cc(Br)cc12. The Kier molecular flexibility index (Phi) is 3.62. The summed E-state index contributed by atoms with van der Waals surface area (Å²) in [6, 6.07) is 7.11. The van der Waals surface area contributed by atoms with Crippen LogP contribution < -0.4 is 5.73 Å². The van der Waals surface area contributed by atoms with Crippen LogP contribution in [0.15, 0.2) is 39.3 Å². The Labute approximate surface area is 135 Å². The summed E-state index contributed by atoms with van der Waals surface area (Å²) in [5.41, 5.74) is 6.09. The molecular formula is C14H7Br2F2N3. The molecule has 3 nitrogen and oxygen atoms in total. The highest BCUT2D eigenvalue weighted by Gasteiger charge is 2.17. The minimum Gasteiger partial charge on any atom is -0.383 e. The predicted octanol–water partition coefficient (Wildman–Crippen LogP) is 4.68. The number of rotatable bonds is 1. The largest absolute Gasteiger partial charge is 0.383 e. The third-order valence-corrected chi connectivity index (χ3v) is 4.00. The number of benzene rings is 2. The Balaban J connectivity index is 2.36. The van der Waals surface area contributed by atoms with Crippen LogP contribution in [-0.4, -0.2) is 9.97 Å². The minimum absolute atomic E-state index is 0.0846. The monoisotopic (exact) mass is 413 g/mol. The molecular weight excluding hydrogens is 408 g/mol. The molecule has 21 heavy (non-hydrogen) atoms. The van der Waals surface area contributed by atoms with Crippen LogP contribution in [0.2, 0.25) is 0 Å². The first-order chi connectivity index (χ1) is 9.97. The molecule has 0 amide bonds. The smallest absolute Gasteiger partial charge is 0.168 e. The van der Waals surface area contributed by atoms with Gasteiger partial charge in [-0.1, -0.05) is 22.0 Å². The van der Waals surface area contributed by atoms with Gasteiger partial charge in [-0.3, -0.25) is 0 Å². The number of nitrogen functional groups attached to an aromatic ring is 1. The van der Waals surface area contributed by atoms with Gasteiger partial charge in [-0.25, -0.2) is 18.7 Å². The molecule has 0 bridgehead atoms. The summed E-state index contributed by atoms with van der Waals surface area (Å²) < 4.78 is 29.2. The van der Waals surface area contributed by atoms with Gasteiger partial charge in [0.15, 0.2) is 5.82 Å². The second-order valence-corrected chi connectivity index (χ2v) is 6.08. The van der Waals surface area contributed by atoms with Crippen LogP contribution in [0.5, 0.6) is 0 Å². The lowest BCUT2D eigenvalue weighted by Crippen LogP contribution is -2.01. The number of aromatic nitrogens is 2. The van der Waals surface area contributed by atoms with Gasteiger partial charge in [0.2, 0.25) is 0 Å². The molecule has 106 valence electrons. The van der Waals surface area contributed by atoms with E-state index >= 15 is 0 Å². The third kappa shape index (κ3) is 2.51. The molecule has 0 saturated carbocycles. The van der Waals surface area contributed by atoms with E-state index < -0.39 is 11.6 Å². The van der Waals surface area contributed by atoms with Crippen molar-refractivity contribution >= 4 is 48.6 Å². The highest BCUT2D eigenvalue weighted by molar-refractivity contribution is 9.11. The Morgan fingerprint density at radius 3 is 2.33 bits per heavy atom. The fraction of sp³-hybridized carbons (Fsp3) is 0. The summed E-state index contributed by atoms with van der Waals surface area (Å²) in [5, 5.41) is 0.594. The molecule has 0 aliphatic carbocycles. The Morgan fingerprint density at radius 2 is 1.67 bits per heavy atom. The Bertz CT molecular complexity index is 848. The summed E-state index contributed by atoms with van der Waals surface area (Å²) >= 11 is 6.71. The fourth-order valence-corrected chi connectivity index (χ4v) is 3.32. The summed E-state index contributed by atoms with van der Waals surface area (Å²) in [4.78, 5) is 8.25. The molecule has 0 unspecified atom stereocenters. The number of hydrogen-bond acceptors (Lipinski definition) is 3. The van der Waals surface area contributed by atoms with Crippen molar-refractivity contribution in [1.29, 1.82) is 0 Å². The molecule has 0 atom stereocenters. The van der Waals surface area contributed by atoms with Gasteiger partial charge >= 0.3 is 0 Å². The maximum atomic E-state index is 13.9. The van der Waals surface area contributed by atoms with Crippen LogP contribution in [0.4, 0.5) is 14.6 Å². The number of fused-ring (bicyclic) bond motifs is 1. The summed E-state index contributed by atoms with van der Waals surface area (Å²) in [6.07, 6.45) is 0. The van der Waals surface area contributed by atoms with E-state index in [0.29, 0.717) is 15.4 Å². The molecule has 0 fully saturated rings. The van der Waals surface area contributed by atoms with Crippen molar-refractivity contribution in [3.8, 4) is 11.4 Å². The van der Waals surface area contributed by atoms with Crippen LogP contribution in [0.3, 0.4) is 0 Å². The van der Waals surface area contributed by atoms with Crippen LogP contribution in [0, 0.1) is 11.6 Å². The molecule has 2 aromatic carbocycles. The summed E-state index contributed by atoms with van der Waals surface area (Å²) in [5.74, 6) is -1.40. The van der Waals surface area contributed by atoms with Crippen molar-refractivity contribution in [2.45, 2.75) is 0 Å². The van der Waals surface area contributed by atoms with Gasteiger partial charge in [-0.05, 0) is 40.2 Å². The third-order valence-electron chi connectivity index (χ3n) is 2.93. The van der Waals surface area contributed by atoms with Gasteiger partial charge in [0.1, 0.15) is 17.5 Å².